The van der Waals surface area contributed by atoms with Gasteiger partial charge in [0.1, 0.15) is 4.93 Å². The normalized spacial score (nSPS) is 13.9. The molecular weight excluding hydrogens is 488 g/mol. The van der Waals surface area contributed by atoms with Gasteiger partial charge in [-0.15, -0.1) is 0 Å². The number of nitrogens with one attached hydrogen (secondary N) is 2. The van der Waals surface area contributed by atoms with Gasteiger partial charge in [0.25, 0.3) is 0 Å². The lowest BCUT2D eigenvalue weighted by atomic mass is 10.3. The van der Waals surface area contributed by atoms with Crippen LogP contribution in [-0.2, 0) is 28.5 Å². The van der Waals surface area contributed by atoms with Crippen molar-refractivity contribution < 1.29 is 28.5 Å². The number of ether oxygens (including phenoxy) is 5. The lowest BCUT2D eigenvalue weighted by Gasteiger charge is -2.31. The molecule has 0 aromatic rings. The Morgan fingerprint density at radius 2 is 1.40 bits per heavy atom. The van der Waals surface area contributed by atoms with Gasteiger partial charge in [-0.05, 0) is 20.4 Å². The summed E-state index contributed by atoms with van der Waals surface area (Å²) in [6.07, 6.45) is 6.08. The quantitative estimate of drug-likeness (QED) is 0.0818. The summed E-state index contributed by atoms with van der Waals surface area (Å²) in [4.78, 5) is 11.3. The molecule has 208 valence electrons. The summed E-state index contributed by atoms with van der Waals surface area (Å²) < 4.78 is 28.7. The van der Waals surface area contributed by atoms with E-state index in [0.29, 0.717) is 72.4 Å². The lowest BCUT2D eigenvalue weighted by molar-refractivity contribution is -0.122. The maximum absolute atomic E-state index is 11.7. The SMILES string of the molecule is CC/C=C/CNC(=O)CCOCCOCCOC(C)(CCOCCOCCNC)SSC(C)(C)C. The summed E-state index contributed by atoms with van der Waals surface area (Å²) in [5.41, 5.74) is 0. The molecule has 1 unspecified atom stereocenters. The van der Waals surface area contributed by atoms with E-state index in [-0.39, 0.29) is 15.6 Å². The van der Waals surface area contributed by atoms with Crippen LogP contribution in [0, 0.1) is 0 Å². The maximum Gasteiger partial charge on any atom is 0.222 e. The van der Waals surface area contributed by atoms with E-state index in [9.17, 15) is 4.79 Å². The van der Waals surface area contributed by atoms with E-state index in [1.54, 1.807) is 10.8 Å². The van der Waals surface area contributed by atoms with Crippen molar-refractivity contribution in [1.82, 2.24) is 10.6 Å². The number of allylic oxidation sites excluding steroid dienone is 1. The Morgan fingerprint density at radius 1 is 0.800 bits per heavy atom. The van der Waals surface area contributed by atoms with Gasteiger partial charge in [0, 0.05) is 30.7 Å². The molecule has 8 nitrogen and oxygen atoms in total. The Kier molecular flexibility index (Phi) is 22.6. The van der Waals surface area contributed by atoms with Gasteiger partial charge in [0.2, 0.25) is 5.91 Å². The molecule has 0 saturated carbocycles. The number of likely N-dealkylation sites (N-methyl/N-ethyl adjacent to an activating group) is 1. The average molecular weight is 539 g/mol. The zero-order chi connectivity index (χ0) is 26.3. The summed E-state index contributed by atoms with van der Waals surface area (Å²) in [7, 11) is 5.46. The second-order valence-corrected chi connectivity index (χ2v) is 12.4. The van der Waals surface area contributed by atoms with Gasteiger partial charge in [-0.25, -0.2) is 0 Å². The van der Waals surface area contributed by atoms with Crippen molar-refractivity contribution in [1.29, 1.82) is 0 Å². The number of hydrogen-bond donors (Lipinski definition) is 2. The topological polar surface area (TPSA) is 87.3 Å². The first-order chi connectivity index (χ1) is 16.7. The van der Waals surface area contributed by atoms with Crippen LogP contribution in [0.3, 0.4) is 0 Å². The molecule has 0 aromatic heterocycles. The molecule has 35 heavy (non-hydrogen) atoms. The fourth-order valence-electron chi connectivity index (χ4n) is 2.42. The Labute approximate surface area is 221 Å². The van der Waals surface area contributed by atoms with Gasteiger partial charge in [-0.2, -0.15) is 0 Å². The highest BCUT2D eigenvalue weighted by Gasteiger charge is 2.29. The molecule has 0 saturated heterocycles. The molecule has 10 heteroatoms. The van der Waals surface area contributed by atoms with E-state index in [0.717, 1.165) is 19.4 Å². The second-order valence-electron chi connectivity index (χ2n) is 9.00. The van der Waals surface area contributed by atoms with Crippen molar-refractivity contribution in [2.45, 2.75) is 63.6 Å². The van der Waals surface area contributed by atoms with E-state index < -0.39 is 0 Å². The van der Waals surface area contributed by atoms with Crippen LogP contribution in [0.5, 0.6) is 0 Å². The highest BCUT2D eigenvalue weighted by molar-refractivity contribution is 8.77. The molecule has 0 heterocycles. The predicted molar refractivity (Wildman–Crippen MR) is 148 cm³/mol. The Morgan fingerprint density at radius 3 is 2.03 bits per heavy atom. The van der Waals surface area contributed by atoms with Crippen LogP contribution in [0.15, 0.2) is 12.2 Å². The molecule has 2 N–H and O–H groups in total. The number of rotatable bonds is 24. The third-order valence-corrected chi connectivity index (χ3v) is 8.40. The lowest BCUT2D eigenvalue weighted by Crippen LogP contribution is -2.29. The summed E-state index contributed by atoms with van der Waals surface area (Å²) in [6.45, 7) is 17.0. The average Bonchev–Trinajstić information content (AvgIpc) is 2.81. The van der Waals surface area contributed by atoms with E-state index in [1.165, 1.54) is 0 Å². The molecule has 0 fully saturated rings. The highest BCUT2D eigenvalue weighted by Crippen LogP contribution is 2.45. The van der Waals surface area contributed by atoms with Crippen molar-refractivity contribution in [3.05, 3.63) is 12.2 Å². The summed E-state index contributed by atoms with van der Waals surface area (Å²) >= 11 is 0. The van der Waals surface area contributed by atoms with Crippen LogP contribution in [0.1, 0.15) is 53.9 Å². The third kappa shape index (κ3) is 25.1. The summed E-state index contributed by atoms with van der Waals surface area (Å²) in [5, 5.41) is 5.88. The third-order valence-electron chi connectivity index (χ3n) is 4.34. The fourth-order valence-corrected chi connectivity index (χ4v) is 4.82. The molecule has 1 atom stereocenters. The molecular formula is C25H50N2O6S2. The van der Waals surface area contributed by atoms with Gasteiger partial charge in [0.15, 0.2) is 0 Å². The number of carbonyl (C=O) groups is 1. The minimum absolute atomic E-state index is 0.00437. The van der Waals surface area contributed by atoms with Gasteiger partial charge in [-0.1, -0.05) is 61.4 Å². The van der Waals surface area contributed by atoms with Gasteiger partial charge < -0.3 is 34.3 Å². The number of hydrogen-bond acceptors (Lipinski definition) is 9. The van der Waals surface area contributed by atoms with E-state index in [4.69, 9.17) is 23.7 Å². The maximum atomic E-state index is 11.7. The first kappa shape index (κ1) is 34.7. The second kappa shape index (κ2) is 22.8. The van der Waals surface area contributed by atoms with Gasteiger partial charge >= 0.3 is 0 Å². The molecule has 0 aliphatic carbocycles. The molecule has 0 bridgehead atoms. The molecule has 0 aliphatic rings. The zero-order valence-electron chi connectivity index (χ0n) is 22.8. The first-order valence-electron chi connectivity index (χ1n) is 12.6. The Bertz CT molecular complexity index is 535. The first-order valence-corrected chi connectivity index (χ1v) is 14.8. The molecule has 0 spiro atoms. The van der Waals surface area contributed by atoms with Crippen molar-refractivity contribution >= 4 is 27.5 Å². The fraction of sp³-hybridized carbons (Fsp3) is 0.880. The van der Waals surface area contributed by atoms with Crippen LogP contribution >= 0.6 is 21.6 Å². The van der Waals surface area contributed by atoms with Crippen LogP contribution in [0.2, 0.25) is 0 Å². The van der Waals surface area contributed by atoms with E-state index in [2.05, 4.69) is 45.3 Å². The smallest absolute Gasteiger partial charge is 0.222 e. The minimum Gasteiger partial charge on any atom is -0.379 e. The number of carbonyl (C=O) groups excluding carboxylic acids is 1. The standard InChI is InChI=1S/C25H50N2O6S2/c1-7-8-9-12-27-23(28)10-14-29-17-20-32-21-22-33-25(5,35-34-24(2,3)4)11-15-30-18-19-31-16-13-26-6/h8-9,26H,7,10-22H2,1-6H3,(H,27,28)/b9-8+. The van der Waals surface area contributed by atoms with Crippen LogP contribution in [-0.4, -0.2) is 95.2 Å². The van der Waals surface area contributed by atoms with E-state index in [1.807, 2.05) is 30.0 Å². The molecule has 0 aliphatic heterocycles. The largest absolute Gasteiger partial charge is 0.379 e. The molecule has 0 rings (SSSR count). The summed E-state index contributed by atoms with van der Waals surface area (Å²) in [6, 6.07) is 0. The van der Waals surface area contributed by atoms with Crippen molar-refractivity contribution in [3.63, 3.8) is 0 Å². The highest BCUT2D eigenvalue weighted by atomic mass is 33.1. The zero-order valence-corrected chi connectivity index (χ0v) is 24.5. The van der Waals surface area contributed by atoms with Crippen molar-refractivity contribution in [2.75, 3.05) is 79.6 Å². The van der Waals surface area contributed by atoms with Gasteiger partial charge in [0.05, 0.1) is 59.5 Å². The Balaban J connectivity index is 3.98. The summed E-state index contributed by atoms with van der Waals surface area (Å²) in [5.74, 6) is -0.00437. The predicted octanol–water partition coefficient (Wildman–Crippen LogP) is 4.05. The van der Waals surface area contributed by atoms with Crippen LogP contribution < -0.4 is 10.6 Å². The Hall–Kier alpha value is -0.330. The van der Waals surface area contributed by atoms with E-state index >= 15 is 0 Å². The van der Waals surface area contributed by atoms with Gasteiger partial charge in [-0.3, -0.25) is 4.79 Å². The monoisotopic (exact) mass is 538 g/mol. The molecule has 0 aromatic carbocycles. The van der Waals surface area contributed by atoms with Crippen LogP contribution in [0.25, 0.3) is 0 Å². The molecule has 0 radical (unpaired) electrons. The van der Waals surface area contributed by atoms with Crippen LogP contribution in [0.4, 0.5) is 0 Å². The minimum atomic E-state index is -0.371. The van der Waals surface area contributed by atoms with Crippen molar-refractivity contribution in [2.24, 2.45) is 0 Å². The molecule has 1 amide bonds. The number of amides is 1. The van der Waals surface area contributed by atoms with Crippen molar-refractivity contribution in [3.8, 4) is 0 Å².